The van der Waals surface area contributed by atoms with Crippen LogP contribution in [0.3, 0.4) is 0 Å². The number of benzene rings is 1. The molecule has 25 heavy (non-hydrogen) atoms. The van der Waals surface area contributed by atoms with Crippen molar-refractivity contribution in [3.8, 4) is 0 Å². The molecular formula is C24H44O. The highest BCUT2D eigenvalue weighted by Gasteiger charge is 2.22. The van der Waals surface area contributed by atoms with E-state index < -0.39 is 0 Å². The van der Waals surface area contributed by atoms with Crippen molar-refractivity contribution >= 4 is 5.78 Å². The molecule has 0 heterocycles. The second-order valence-corrected chi connectivity index (χ2v) is 6.93. The first-order valence-corrected chi connectivity index (χ1v) is 10.5. The van der Waals surface area contributed by atoms with E-state index in [1.165, 1.54) is 24.0 Å². The van der Waals surface area contributed by atoms with Crippen molar-refractivity contribution in [2.45, 2.75) is 94.4 Å². The number of hydrogen-bond donors (Lipinski definition) is 0. The first-order valence-electron chi connectivity index (χ1n) is 10.5. The fourth-order valence-corrected chi connectivity index (χ4v) is 2.91. The maximum Gasteiger partial charge on any atom is 0.135 e. The summed E-state index contributed by atoms with van der Waals surface area (Å²) in [6, 6.07) is 8.66. The summed E-state index contributed by atoms with van der Waals surface area (Å²) in [5.41, 5.74) is 2.84. The number of ketones is 1. The maximum atomic E-state index is 11.8. The third kappa shape index (κ3) is 11.2. The summed E-state index contributed by atoms with van der Waals surface area (Å²) < 4.78 is 0. The monoisotopic (exact) mass is 348 g/mol. The van der Waals surface area contributed by atoms with Gasteiger partial charge in [0.05, 0.1) is 0 Å². The van der Waals surface area contributed by atoms with Crippen LogP contribution in [0.15, 0.2) is 24.3 Å². The zero-order chi connectivity index (χ0) is 19.8. The van der Waals surface area contributed by atoms with Crippen molar-refractivity contribution in [1.29, 1.82) is 0 Å². The summed E-state index contributed by atoms with van der Waals surface area (Å²) in [6.45, 7) is 19.0. The number of carbonyl (C=O) groups excluding carboxylic acids is 1. The minimum Gasteiger partial charge on any atom is -0.299 e. The number of Topliss-reactive ketones (excluding diaryl/α,β-unsaturated/α-hetero) is 1. The van der Waals surface area contributed by atoms with Crippen molar-refractivity contribution in [1.82, 2.24) is 0 Å². The summed E-state index contributed by atoms with van der Waals surface area (Å²) in [5, 5.41) is 0. The number of carbonyl (C=O) groups is 1. The molecule has 0 N–H and O–H groups in total. The molecular weight excluding hydrogens is 304 g/mol. The normalized spacial score (nSPS) is 13.5. The van der Waals surface area contributed by atoms with Crippen molar-refractivity contribution < 1.29 is 4.79 Å². The largest absolute Gasteiger partial charge is 0.299 e. The Morgan fingerprint density at radius 3 is 1.96 bits per heavy atom. The average molecular weight is 349 g/mol. The predicted octanol–water partition coefficient (Wildman–Crippen LogP) is 7.65. The second-order valence-electron chi connectivity index (χ2n) is 6.93. The molecule has 0 fully saturated rings. The second kappa shape index (κ2) is 16.4. The molecule has 1 rings (SSSR count). The van der Waals surface area contributed by atoms with Crippen LogP contribution in [0.4, 0.5) is 0 Å². The van der Waals surface area contributed by atoms with Crippen LogP contribution in [0.2, 0.25) is 0 Å². The van der Waals surface area contributed by atoms with Gasteiger partial charge in [0, 0.05) is 12.3 Å². The summed E-state index contributed by atoms with van der Waals surface area (Å²) in [7, 11) is 0. The van der Waals surface area contributed by atoms with E-state index in [0.29, 0.717) is 24.0 Å². The molecule has 3 atom stereocenters. The molecule has 0 saturated heterocycles. The summed E-state index contributed by atoms with van der Waals surface area (Å²) in [6.07, 6.45) is 5.39. The van der Waals surface area contributed by atoms with Gasteiger partial charge in [0.2, 0.25) is 0 Å². The van der Waals surface area contributed by atoms with Crippen molar-refractivity contribution in [2.75, 3.05) is 0 Å². The maximum absolute atomic E-state index is 11.8. The molecule has 0 aliphatic rings. The molecule has 0 bridgehead atoms. The quantitative estimate of drug-likeness (QED) is 0.471. The Labute approximate surface area is 158 Å². The summed E-state index contributed by atoms with van der Waals surface area (Å²) >= 11 is 0. The van der Waals surface area contributed by atoms with Gasteiger partial charge in [0.15, 0.2) is 0 Å². The van der Waals surface area contributed by atoms with Crippen LogP contribution in [-0.4, -0.2) is 5.78 Å². The smallest absolute Gasteiger partial charge is 0.135 e. The van der Waals surface area contributed by atoms with E-state index in [9.17, 15) is 4.79 Å². The highest BCUT2D eigenvalue weighted by Crippen LogP contribution is 2.27. The van der Waals surface area contributed by atoms with Crippen LogP contribution in [0.5, 0.6) is 0 Å². The Bertz CT molecular complexity index is 435. The molecule has 1 heteroatoms. The van der Waals surface area contributed by atoms with E-state index in [1.807, 2.05) is 20.8 Å². The molecule has 146 valence electrons. The van der Waals surface area contributed by atoms with Gasteiger partial charge in [0.1, 0.15) is 5.78 Å². The zero-order valence-corrected chi connectivity index (χ0v) is 18.5. The molecule has 1 aromatic rings. The molecule has 0 aliphatic heterocycles. The lowest BCUT2D eigenvalue weighted by Gasteiger charge is -2.24. The molecule has 0 saturated carbocycles. The summed E-state index contributed by atoms with van der Waals surface area (Å²) in [4.78, 5) is 11.8. The molecule has 0 aromatic heterocycles. The highest BCUT2D eigenvalue weighted by atomic mass is 16.1. The molecule has 0 aliphatic carbocycles. The van der Waals surface area contributed by atoms with Gasteiger partial charge in [-0.3, -0.25) is 4.79 Å². The van der Waals surface area contributed by atoms with Crippen LogP contribution < -0.4 is 0 Å². The Hall–Kier alpha value is -1.11. The Kier molecular flexibility index (Phi) is 17.1. The van der Waals surface area contributed by atoms with Gasteiger partial charge in [-0.05, 0) is 42.7 Å². The fraction of sp³-hybridized carbons (Fsp3) is 0.708. The topological polar surface area (TPSA) is 17.1 Å². The first-order chi connectivity index (χ1) is 11.9. The Balaban J connectivity index is 0. The molecule has 3 unspecified atom stereocenters. The standard InChI is InChI=1S/C19H30O.C3H8.C2H6/c1-6-17(12-15(4)16(5)19(20)7-2)13-18-11-9-8-10-14(18)3;1-3-2;1-2/h8-11,15-17H,6-7,12-13H2,1-5H3;3H2,1-2H3;1-2H3. The predicted molar refractivity (Wildman–Crippen MR) is 114 cm³/mol. The molecule has 1 nitrogen and oxygen atoms in total. The third-order valence-electron chi connectivity index (χ3n) is 4.76. The van der Waals surface area contributed by atoms with Crippen LogP contribution in [-0.2, 0) is 11.2 Å². The first kappa shape index (κ1) is 26.1. The average Bonchev–Trinajstić information content (AvgIpc) is 2.63. The lowest BCUT2D eigenvalue weighted by molar-refractivity contribution is -0.123. The lowest BCUT2D eigenvalue weighted by Crippen LogP contribution is -2.21. The van der Waals surface area contributed by atoms with Crippen molar-refractivity contribution in [3.05, 3.63) is 35.4 Å². The van der Waals surface area contributed by atoms with Gasteiger partial charge in [0.25, 0.3) is 0 Å². The fourth-order valence-electron chi connectivity index (χ4n) is 2.91. The van der Waals surface area contributed by atoms with Gasteiger partial charge in [-0.1, -0.05) is 92.5 Å². The van der Waals surface area contributed by atoms with Crippen LogP contribution in [0, 0.1) is 24.7 Å². The van der Waals surface area contributed by atoms with Crippen LogP contribution in [0.1, 0.15) is 92.2 Å². The molecule has 1 aromatic carbocycles. The van der Waals surface area contributed by atoms with Crippen molar-refractivity contribution in [3.63, 3.8) is 0 Å². The van der Waals surface area contributed by atoms with Gasteiger partial charge in [-0.25, -0.2) is 0 Å². The number of hydrogen-bond acceptors (Lipinski definition) is 1. The molecule has 0 amide bonds. The van der Waals surface area contributed by atoms with E-state index in [4.69, 9.17) is 0 Å². The molecule has 0 radical (unpaired) electrons. The van der Waals surface area contributed by atoms with Crippen LogP contribution >= 0.6 is 0 Å². The van der Waals surface area contributed by atoms with Gasteiger partial charge in [-0.2, -0.15) is 0 Å². The van der Waals surface area contributed by atoms with Crippen molar-refractivity contribution in [2.24, 2.45) is 17.8 Å². The lowest BCUT2D eigenvalue weighted by atomic mass is 9.80. The van der Waals surface area contributed by atoms with Gasteiger partial charge in [-0.15, -0.1) is 0 Å². The minimum absolute atomic E-state index is 0.200. The van der Waals surface area contributed by atoms with E-state index in [0.717, 1.165) is 12.8 Å². The summed E-state index contributed by atoms with van der Waals surface area (Å²) in [5.74, 6) is 1.77. The van der Waals surface area contributed by atoms with E-state index in [1.54, 1.807) is 0 Å². The van der Waals surface area contributed by atoms with E-state index in [-0.39, 0.29) is 5.92 Å². The number of rotatable bonds is 8. The van der Waals surface area contributed by atoms with Crippen LogP contribution in [0.25, 0.3) is 0 Å². The zero-order valence-electron chi connectivity index (χ0n) is 18.5. The van der Waals surface area contributed by atoms with Gasteiger partial charge < -0.3 is 0 Å². The third-order valence-corrected chi connectivity index (χ3v) is 4.76. The SMILES string of the molecule is CC.CCC.CCC(=O)C(C)C(C)CC(CC)Cc1ccccc1C. The number of aryl methyl sites for hydroxylation is 1. The Morgan fingerprint density at radius 2 is 1.52 bits per heavy atom. The van der Waals surface area contributed by atoms with E-state index in [2.05, 4.69) is 65.8 Å². The minimum atomic E-state index is 0.200. The van der Waals surface area contributed by atoms with E-state index >= 15 is 0 Å². The van der Waals surface area contributed by atoms with Gasteiger partial charge >= 0.3 is 0 Å². The molecule has 0 spiro atoms. The highest BCUT2D eigenvalue weighted by molar-refractivity contribution is 5.80. The Morgan fingerprint density at radius 1 is 1.00 bits per heavy atom.